The Morgan fingerprint density at radius 1 is 0.476 bits per heavy atom. The van der Waals surface area contributed by atoms with Crippen LogP contribution < -0.4 is 53.5 Å². The number of hydrogen-bond donors (Lipinski definition) is 4. The summed E-state index contributed by atoms with van der Waals surface area (Å²) in [6, 6.07) is 21.8. The van der Waals surface area contributed by atoms with Gasteiger partial charge in [-0.2, -0.15) is 23.6 Å². The van der Waals surface area contributed by atoms with Crippen molar-refractivity contribution in [3.05, 3.63) is 176 Å². The summed E-state index contributed by atoms with van der Waals surface area (Å²) >= 11 is 18.1. The molecule has 124 heavy (non-hydrogen) atoms. The number of benzene rings is 3. The van der Waals surface area contributed by atoms with E-state index in [0.717, 1.165) is 35.3 Å². The van der Waals surface area contributed by atoms with Crippen LogP contribution in [0.15, 0.2) is 144 Å². The summed E-state index contributed by atoms with van der Waals surface area (Å²) < 4.78 is 147. The van der Waals surface area contributed by atoms with Gasteiger partial charge < -0.3 is 44.4 Å². The number of nitrogens with zero attached hydrogens (tertiary/aromatic N) is 3. The van der Waals surface area contributed by atoms with Gasteiger partial charge in [0.05, 0.1) is 30.8 Å². The number of alkyl halides is 6. The fraction of sp³-hybridized carbons (Fsp3) is 0.596. The van der Waals surface area contributed by atoms with Crippen LogP contribution in [-0.4, -0.2) is 203 Å². The van der Waals surface area contributed by atoms with E-state index < -0.39 is 194 Å². The third kappa shape index (κ3) is 15.0. The summed E-state index contributed by atoms with van der Waals surface area (Å²) in [5.74, 6) is -7.72. The molecule has 0 unspecified atom stereocenters. The fourth-order valence-electron chi connectivity index (χ4n) is 26.7. The van der Waals surface area contributed by atoms with Crippen molar-refractivity contribution in [3.63, 3.8) is 0 Å². The standard InChI is InChI=1S/C30H34ClF2NO7S.C29H32ClF2NO5.C29H32ClF2NO4.CH3ClO2S.HI.Na/c1-27-9-8-20(35)11-23(27)24(32)12-22-21-10-18-15-34(14-17-4-6-19(31)7-5-17)41-30(18,26(37)16-40-42(3,38)39)28(21,2)13-25(36)29(22,27)33;1-26-8-7-19(35)10-22(26)23(31)11-21-20-9-17-14-33(13-16-3-5-18(30)6-4-16)38-29(17,25(37)15-34)27(20,2)12-24(36)28(21,26)32;1-16(34)29-18(15-33(37-29)14-17-4-6-19(30)7-5-17)10-21-22-12-24(31)23-11-20(35)8-9-26(23,2)28(22,32)25(36)13-27(21,29)3;1-5(2,3)4;;/h4-9,11,18,21-22,24-25,36H,10,12-16H2,1-3H3;3-8,10,17,20-21,23-24,34,36H,9,11-15H2,1-2H3;4-9,11,18,21-22,24-25,36H,10,12-15H2,1-3H3;1H3;1H;/q;;;;;+1/p-1/t18-,21-,22-,24-,25-,27-,28-,29-,30-;17-,20-,21-,23-,24-,26-,27-,28-,29-;18-,21-,22-,24-,25-,26-,27-,28-,29+;;;/m000.../s1. The molecule has 27 atom stereocenters. The van der Waals surface area contributed by atoms with Crippen LogP contribution in [0.25, 0.3) is 0 Å². The Morgan fingerprint density at radius 3 is 1.02 bits per heavy atom. The van der Waals surface area contributed by atoms with Crippen molar-refractivity contribution in [2.75, 3.05) is 45.4 Å². The average Bonchev–Trinajstić information content (AvgIpc) is 1.46. The van der Waals surface area contributed by atoms with Crippen molar-refractivity contribution in [1.82, 2.24) is 15.2 Å². The van der Waals surface area contributed by atoms with Crippen LogP contribution >= 0.6 is 45.5 Å². The summed E-state index contributed by atoms with van der Waals surface area (Å²) in [6.07, 6.45) is 4.27. The van der Waals surface area contributed by atoms with E-state index in [4.69, 9.17) is 53.5 Å². The van der Waals surface area contributed by atoms with E-state index in [2.05, 4.69) is 10.7 Å². The van der Waals surface area contributed by atoms with Gasteiger partial charge in [0, 0.05) is 133 Å². The minimum absolute atomic E-state index is 0. The number of aliphatic hydroxyl groups excluding tert-OH is 4. The number of hydrogen-bond acceptors (Lipinski definition) is 21. The van der Waals surface area contributed by atoms with Gasteiger partial charge in [0.25, 0.3) is 10.1 Å². The van der Waals surface area contributed by atoms with E-state index >= 15 is 26.3 Å². The van der Waals surface area contributed by atoms with Gasteiger partial charge in [-0.05, 0) is 210 Å². The quantitative estimate of drug-likeness (QED) is 0.0440. The van der Waals surface area contributed by atoms with E-state index in [9.17, 15) is 66.0 Å². The van der Waals surface area contributed by atoms with Gasteiger partial charge in [-0.25, -0.2) is 34.8 Å². The maximum absolute atomic E-state index is 17.6. The van der Waals surface area contributed by atoms with Crippen molar-refractivity contribution in [3.8, 4) is 0 Å². The first-order chi connectivity index (χ1) is 56.8. The normalized spacial score (nSPS) is 42.9. The molecule has 3 saturated heterocycles. The number of carbonyl (C=O) groups is 6. The van der Waals surface area contributed by atoms with E-state index in [-0.39, 0.29) is 145 Å². The van der Waals surface area contributed by atoms with Gasteiger partial charge in [0.15, 0.2) is 68.5 Å². The molecule has 0 aromatic heterocycles. The summed E-state index contributed by atoms with van der Waals surface area (Å²) in [6.45, 7) is 12.4. The van der Waals surface area contributed by atoms with Crippen LogP contribution in [0.4, 0.5) is 26.3 Å². The number of hydroxylamine groups is 6. The van der Waals surface area contributed by atoms with Crippen LogP contribution in [-0.2, 0) is 86.3 Å². The van der Waals surface area contributed by atoms with Gasteiger partial charge in [-0.1, -0.05) is 110 Å². The molecule has 3 aliphatic heterocycles. The molecular weight excluding hydrogens is 1870 g/mol. The average molecular weight is 1970 g/mol. The Balaban J connectivity index is 0.000000154. The number of carbonyl (C=O) groups excluding carboxylic acids is 6. The van der Waals surface area contributed by atoms with Gasteiger partial charge in [0.2, 0.25) is 9.05 Å². The van der Waals surface area contributed by atoms with Crippen molar-refractivity contribution in [2.45, 2.75) is 197 Å². The smallest absolute Gasteiger partial charge is 1.00 e. The molecule has 3 aromatic carbocycles. The number of rotatable bonds is 13. The summed E-state index contributed by atoms with van der Waals surface area (Å²) in [4.78, 5) is 96.7. The van der Waals surface area contributed by atoms with Crippen LogP contribution in [0, 0.1) is 85.8 Å². The Bertz CT molecular complexity index is 5240. The minimum atomic E-state index is -3.97. The Kier molecular flexibility index (Phi) is 26.7. The second-order valence-corrected chi connectivity index (χ2v) is 43.9. The van der Waals surface area contributed by atoms with Gasteiger partial charge >= 0.3 is 29.6 Å². The first kappa shape index (κ1) is 97.6. The number of aliphatic hydroxyl groups is 4. The molecular formula is C89H101Cl4F6IN3NaO18S2. The molecule has 12 fully saturated rings. The zero-order valence-electron chi connectivity index (χ0n) is 70.1. The molecule has 0 amide bonds. The van der Waals surface area contributed by atoms with Gasteiger partial charge in [-0.15, -0.1) is 0 Å². The molecule has 15 aliphatic rings. The summed E-state index contributed by atoms with van der Waals surface area (Å²) in [5.41, 5.74) is -15.7. The second-order valence-electron chi connectivity index (χ2n) is 37.9. The van der Waals surface area contributed by atoms with Crippen LogP contribution in [0.3, 0.4) is 0 Å². The van der Waals surface area contributed by atoms with Crippen molar-refractivity contribution >= 4 is 99.4 Å². The molecule has 21 nitrogen and oxygen atoms in total. The molecule has 3 aromatic rings. The van der Waals surface area contributed by atoms with Gasteiger partial charge in [0.1, 0.15) is 31.7 Å². The molecule has 35 heteroatoms. The molecule has 4 N–H and O–H groups in total. The molecule has 670 valence electrons. The topological polar surface area (TPSA) is 298 Å². The molecule has 0 bridgehead atoms. The Hall–Kier alpha value is -3.95. The number of halogens is 11. The van der Waals surface area contributed by atoms with E-state index in [1.165, 1.54) is 62.5 Å². The van der Waals surface area contributed by atoms with Crippen molar-refractivity contribution in [1.29, 1.82) is 0 Å². The Morgan fingerprint density at radius 2 is 0.742 bits per heavy atom. The summed E-state index contributed by atoms with van der Waals surface area (Å²) in [7, 11) is -2.66. The zero-order valence-corrected chi connectivity index (χ0v) is 78.9. The monoisotopic (exact) mass is 1970 g/mol. The van der Waals surface area contributed by atoms with Crippen molar-refractivity contribution < 1.29 is 165 Å². The molecule has 3 heterocycles. The Labute approximate surface area is 776 Å². The number of allylic oxidation sites excluding steroid dienone is 12. The van der Waals surface area contributed by atoms with Crippen LogP contribution in [0.1, 0.15) is 123 Å². The molecule has 0 radical (unpaired) electrons. The predicted molar refractivity (Wildman–Crippen MR) is 439 cm³/mol. The third-order valence-corrected chi connectivity index (χ3v) is 33.1. The minimum Gasteiger partial charge on any atom is -1.00 e. The first-order valence-electron chi connectivity index (χ1n) is 41.2. The van der Waals surface area contributed by atoms with E-state index in [1.807, 2.05) is 50.2 Å². The largest absolute Gasteiger partial charge is 1.00 e. The molecule has 12 aliphatic carbocycles. The van der Waals surface area contributed by atoms with Crippen molar-refractivity contribution in [2.24, 2.45) is 85.8 Å². The fourth-order valence-corrected chi connectivity index (χ4v) is 27.4. The number of ketones is 6. The summed E-state index contributed by atoms with van der Waals surface area (Å²) in [5, 5.41) is 51.7. The second kappa shape index (κ2) is 34.0. The molecule has 18 rings (SSSR count). The van der Waals surface area contributed by atoms with Crippen LogP contribution in [0.2, 0.25) is 15.1 Å². The number of fused-ring (bicyclic) bond motifs is 21. The SMILES string of the molecule is CC(=O)[C@@]12ON(Cc3ccc(Cl)cc3)C[C@@H]1C[C@H]1[C@@H]3C[C@H](F)C4=CC(=O)C=C[C@]4(C)[C@@]3(F)[C@@H](O)C[C@@]12C.CS(=O)(=O)Cl.C[C@]12C=CC(=O)C=C1[C@@H](F)C[C@H]1[C@@H]3C[C@H]4CN(Cc5ccc(Cl)cc5)O[C@@]4(C(=O)CO)[C@@]3(C)C[C@H](O)[C@@]12F.C[C@]12C=CC(=O)C=C1[C@@H](F)C[C@H]1[C@@H]3C[C@H]4CN(Cc5ccc(Cl)cc5)O[C@@]4(C(=O)COS(C)(=O)=O)[C@@]3(C)C[C@H](O)[C@@]12F.[I-].[Na+]. The first-order valence-corrected chi connectivity index (χ1v) is 46.9. The molecule has 0 spiro atoms. The van der Waals surface area contributed by atoms with E-state index in [1.54, 1.807) is 72.4 Å². The van der Waals surface area contributed by atoms with Crippen LogP contribution in [0.5, 0.6) is 0 Å². The number of Topliss-reactive ketones (excluding diaryl/α,β-unsaturated/α-hetero) is 3. The maximum atomic E-state index is 17.6. The zero-order chi connectivity index (χ0) is 88.8. The third-order valence-electron chi connectivity index (χ3n) is 31.7. The van der Waals surface area contributed by atoms with Gasteiger partial charge in [-0.3, -0.25) is 47.5 Å². The maximum Gasteiger partial charge on any atom is 1.00 e. The molecule has 9 saturated carbocycles. The predicted octanol–water partition coefficient (Wildman–Crippen LogP) is 7.00. The van der Waals surface area contributed by atoms with E-state index in [0.29, 0.717) is 67.1 Å².